The fraction of sp³-hybridized carbons (Fsp3) is 0.500. The molecule has 1 unspecified atom stereocenters. The number of rotatable bonds is 16. The number of aliphatic hydroxyl groups is 2. The van der Waals surface area contributed by atoms with E-state index in [2.05, 4.69) is 10.6 Å². The van der Waals surface area contributed by atoms with Gasteiger partial charge in [-0.1, -0.05) is 38.0 Å². The number of nitrogens with one attached hydrogen (secondary N) is 2. The third kappa shape index (κ3) is 10.4. The molecule has 2 aromatic rings. The minimum atomic E-state index is -0.671. The van der Waals surface area contributed by atoms with Gasteiger partial charge in [0, 0.05) is 30.8 Å². The van der Waals surface area contributed by atoms with Crippen LogP contribution in [0.1, 0.15) is 61.8 Å². The van der Waals surface area contributed by atoms with Gasteiger partial charge < -0.3 is 30.7 Å². The van der Waals surface area contributed by atoms with Crippen molar-refractivity contribution in [3.05, 3.63) is 59.2 Å². The Morgan fingerprint density at radius 3 is 2.52 bits per heavy atom. The van der Waals surface area contributed by atoms with Gasteiger partial charge in [0.1, 0.15) is 5.75 Å². The SMILES string of the molecule is CCC(=O)Nc1ccc(CCOCCCCCCNCC(O)c2ccc(O)c(CO)c2)cc1. The highest BCUT2D eigenvalue weighted by molar-refractivity contribution is 5.90. The van der Waals surface area contributed by atoms with Crippen LogP contribution in [0.4, 0.5) is 5.69 Å². The Kier molecular flexibility index (Phi) is 12.5. The van der Waals surface area contributed by atoms with Crippen molar-refractivity contribution in [3.63, 3.8) is 0 Å². The molecule has 33 heavy (non-hydrogen) atoms. The molecule has 1 atom stereocenters. The van der Waals surface area contributed by atoms with Gasteiger partial charge in [-0.25, -0.2) is 0 Å². The Hall–Kier alpha value is -2.45. The van der Waals surface area contributed by atoms with Crippen LogP contribution in [0.25, 0.3) is 0 Å². The van der Waals surface area contributed by atoms with Crippen LogP contribution >= 0.6 is 0 Å². The number of unbranched alkanes of at least 4 members (excludes halogenated alkanes) is 3. The van der Waals surface area contributed by atoms with E-state index >= 15 is 0 Å². The summed E-state index contributed by atoms with van der Waals surface area (Å²) >= 11 is 0. The first-order valence-corrected chi connectivity index (χ1v) is 11.8. The lowest BCUT2D eigenvalue weighted by molar-refractivity contribution is -0.115. The zero-order valence-corrected chi connectivity index (χ0v) is 19.6. The van der Waals surface area contributed by atoms with E-state index in [1.54, 1.807) is 12.1 Å². The van der Waals surface area contributed by atoms with Crippen molar-refractivity contribution >= 4 is 11.6 Å². The fourth-order valence-electron chi connectivity index (χ4n) is 3.40. The van der Waals surface area contributed by atoms with Gasteiger partial charge >= 0.3 is 0 Å². The third-order valence-corrected chi connectivity index (χ3v) is 5.48. The Balaban J connectivity index is 1.45. The summed E-state index contributed by atoms with van der Waals surface area (Å²) in [5, 5.41) is 35.1. The average Bonchev–Trinajstić information content (AvgIpc) is 2.83. The van der Waals surface area contributed by atoms with Gasteiger partial charge in [-0.2, -0.15) is 0 Å². The molecule has 182 valence electrons. The van der Waals surface area contributed by atoms with E-state index in [-0.39, 0.29) is 18.3 Å². The zero-order valence-electron chi connectivity index (χ0n) is 19.6. The van der Waals surface area contributed by atoms with E-state index < -0.39 is 6.10 Å². The summed E-state index contributed by atoms with van der Waals surface area (Å²) < 4.78 is 5.73. The molecule has 7 nitrogen and oxygen atoms in total. The number of hydrogen-bond donors (Lipinski definition) is 5. The molecule has 0 fully saturated rings. The van der Waals surface area contributed by atoms with E-state index in [1.165, 1.54) is 11.6 Å². The quantitative estimate of drug-likeness (QED) is 0.246. The number of aliphatic hydroxyl groups excluding tert-OH is 2. The minimum absolute atomic E-state index is 0.0193. The van der Waals surface area contributed by atoms with Crippen molar-refractivity contribution in [1.82, 2.24) is 5.32 Å². The minimum Gasteiger partial charge on any atom is -0.508 e. The molecule has 2 aromatic carbocycles. The molecule has 0 heterocycles. The monoisotopic (exact) mass is 458 g/mol. The predicted octanol–water partition coefficient (Wildman–Crippen LogP) is 3.68. The van der Waals surface area contributed by atoms with Gasteiger partial charge in [0.15, 0.2) is 0 Å². The average molecular weight is 459 g/mol. The molecule has 0 spiro atoms. The Morgan fingerprint density at radius 2 is 1.79 bits per heavy atom. The number of ether oxygens (including phenoxy) is 1. The summed E-state index contributed by atoms with van der Waals surface area (Å²) in [5.74, 6) is 0.0593. The highest BCUT2D eigenvalue weighted by Crippen LogP contribution is 2.22. The van der Waals surface area contributed by atoms with Gasteiger partial charge in [-0.05, 0) is 61.2 Å². The van der Waals surface area contributed by atoms with Crippen LogP contribution in [0.15, 0.2) is 42.5 Å². The Labute approximate surface area is 196 Å². The molecule has 1 amide bonds. The first-order chi connectivity index (χ1) is 16.0. The summed E-state index contributed by atoms with van der Waals surface area (Å²) in [5.41, 5.74) is 3.12. The molecule has 2 rings (SSSR count). The number of phenols is 1. The van der Waals surface area contributed by atoms with E-state index in [0.29, 0.717) is 30.7 Å². The molecule has 0 saturated heterocycles. The topological polar surface area (TPSA) is 111 Å². The number of aromatic hydroxyl groups is 1. The number of carbonyl (C=O) groups is 1. The van der Waals surface area contributed by atoms with Gasteiger partial charge in [0.2, 0.25) is 5.91 Å². The lowest BCUT2D eigenvalue weighted by Gasteiger charge is -2.14. The lowest BCUT2D eigenvalue weighted by atomic mass is 10.1. The largest absolute Gasteiger partial charge is 0.508 e. The van der Waals surface area contributed by atoms with Gasteiger partial charge in [0.05, 0.1) is 19.3 Å². The summed E-state index contributed by atoms with van der Waals surface area (Å²) in [6, 6.07) is 12.7. The molecule has 7 heteroatoms. The Bertz CT molecular complexity index is 826. The molecule has 0 aliphatic rings. The third-order valence-electron chi connectivity index (χ3n) is 5.48. The maximum absolute atomic E-state index is 11.4. The molecule has 0 bridgehead atoms. The molecular formula is C26H38N2O5. The van der Waals surface area contributed by atoms with Crippen LogP contribution in [-0.4, -0.2) is 47.5 Å². The molecule has 0 aliphatic heterocycles. The number of hydrogen-bond acceptors (Lipinski definition) is 6. The van der Waals surface area contributed by atoms with Crippen molar-refractivity contribution in [3.8, 4) is 5.75 Å². The number of benzene rings is 2. The normalized spacial score (nSPS) is 12.0. The van der Waals surface area contributed by atoms with Gasteiger partial charge in [0.25, 0.3) is 0 Å². The summed E-state index contributed by atoms with van der Waals surface area (Å²) in [6.07, 6.45) is 4.93. The van der Waals surface area contributed by atoms with Crippen LogP contribution in [0.3, 0.4) is 0 Å². The number of carbonyl (C=O) groups excluding carboxylic acids is 1. The van der Waals surface area contributed by atoms with Crippen LogP contribution in [-0.2, 0) is 22.6 Å². The van der Waals surface area contributed by atoms with Crippen LogP contribution < -0.4 is 10.6 Å². The van der Waals surface area contributed by atoms with Crippen LogP contribution in [0.5, 0.6) is 5.75 Å². The summed E-state index contributed by atoms with van der Waals surface area (Å²) in [6.45, 7) is 4.29. The summed E-state index contributed by atoms with van der Waals surface area (Å²) in [4.78, 5) is 11.4. The lowest BCUT2D eigenvalue weighted by Crippen LogP contribution is -2.22. The highest BCUT2D eigenvalue weighted by Gasteiger charge is 2.09. The molecule has 5 N–H and O–H groups in total. The van der Waals surface area contributed by atoms with Crippen LogP contribution in [0.2, 0.25) is 0 Å². The van der Waals surface area contributed by atoms with E-state index in [4.69, 9.17) is 4.74 Å². The van der Waals surface area contributed by atoms with Crippen molar-refractivity contribution in [1.29, 1.82) is 0 Å². The standard InChI is InChI=1S/C26H38N2O5/c1-2-26(32)28-23-10-7-20(8-11-23)13-16-33-15-6-4-3-5-14-27-18-25(31)21-9-12-24(30)22(17-21)19-29/h7-12,17,25,27,29-31H,2-6,13-16,18-19H2,1H3,(H,28,32). The van der Waals surface area contributed by atoms with Gasteiger partial charge in [-0.3, -0.25) is 4.79 Å². The van der Waals surface area contributed by atoms with Gasteiger partial charge in [-0.15, -0.1) is 0 Å². The first kappa shape index (κ1) is 26.8. The predicted molar refractivity (Wildman–Crippen MR) is 130 cm³/mol. The highest BCUT2D eigenvalue weighted by atomic mass is 16.5. The second-order valence-corrected chi connectivity index (χ2v) is 8.14. The van der Waals surface area contributed by atoms with E-state index in [9.17, 15) is 20.1 Å². The smallest absolute Gasteiger partial charge is 0.224 e. The fourth-order valence-corrected chi connectivity index (χ4v) is 3.40. The van der Waals surface area contributed by atoms with Crippen molar-refractivity contribution in [2.24, 2.45) is 0 Å². The van der Waals surface area contributed by atoms with Crippen LogP contribution in [0, 0.1) is 0 Å². The van der Waals surface area contributed by atoms with Crippen molar-refractivity contribution in [2.45, 2.75) is 58.2 Å². The molecule has 0 aliphatic carbocycles. The molecule has 0 saturated carbocycles. The number of amides is 1. The van der Waals surface area contributed by atoms with E-state index in [1.807, 2.05) is 31.2 Å². The molecule has 0 aromatic heterocycles. The van der Waals surface area contributed by atoms with E-state index in [0.717, 1.165) is 50.9 Å². The van der Waals surface area contributed by atoms with Crippen molar-refractivity contribution < 1.29 is 24.9 Å². The Morgan fingerprint density at radius 1 is 1.03 bits per heavy atom. The molecular weight excluding hydrogens is 420 g/mol. The first-order valence-electron chi connectivity index (χ1n) is 11.8. The molecule has 0 radical (unpaired) electrons. The number of anilines is 1. The summed E-state index contributed by atoms with van der Waals surface area (Å²) in [7, 11) is 0. The second-order valence-electron chi connectivity index (χ2n) is 8.14. The maximum Gasteiger partial charge on any atom is 0.224 e. The maximum atomic E-state index is 11.4. The zero-order chi connectivity index (χ0) is 23.9. The second kappa shape index (κ2) is 15.4. The van der Waals surface area contributed by atoms with Crippen molar-refractivity contribution in [2.75, 3.05) is 31.6 Å².